The van der Waals surface area contributed by atoms with Crippen LogP contribution in [0.3, 0.4) is 0 Å². The van der Waals surface area contributed by atoms with Crippen LogP contribution in [0.1, 0.15) is 21.5 Å². The fraction of sp³-hybridized carbons (Fsp3) is 0.176. The highest BCUT2D eigenvalue weighted by Crippen LogP contribution is 2.22. The van der Waals surface area contributed by atoms with Gasteiger partial charge in [-0.05, 0) is 43.2 Å². The topological polar surface area (TPSA) is 77.5 Å². The Balaban J connectivity index is 2.16. The lowest BCUT2D eigenvalue weighted by Crippen LogP contribution is -2.14. The molecule has 0 saturated carbocycles. The molecule has 0 radical (unpaired) electrons. The third kappa shape index (κ3) is 2.74. The number of carbonyl (C=O) groups excluding carboxylic acids is 1. The maximum Gasteiger partial charge on any atom is 0.286 e. The van der Waals surface area contributed by atoms with E-state index in [9.17, 15) is 14.9 Å². The number of carbonyl (C=O) groups is 1. The molecule has 0 aliphatic heterocycles. The first-order valence-corrected chi connectivity index (χ1v) is 8.09. The molecule has 0 aliphatic carbocycles. The zero-order valence-electron chi connectivity index (χ0n) is 13.4. The van der Waals surface area contributed by atoms with Gasteiger partial charge in [0.15, 0.2) is 4.80 Å². The molecule has 3 rings (SSSR count). The molecule has 0 saturated heterocycles. The van der Waals surface area contributed by atoms with Gasteiger partial charge < -0.3 is 4.57 Å². The molecule has 3 aromatic rings. The summed E-state index contributed by atoms with van der Waals surface area (Å²) in [5, 5.41) is 11.1. The van der Waals surface area contributed by atoms with Gasteiger partial charge in [-0.1, -0.05) is 23.5 Å². The summed E-state index contributed by atoms with van der Waals surface area (Å²) >= 11 is 1.39. The summed E-state index contributed by atoms with van der Waals surface area (Å²) in [6.45, 7) is 4.06. The van der Waals surface area contributed by atoms with Crippen molar-refractivity contribution in [3.8, 4) is 0 Å². The Kier molecular flexibility index (Phi) is 4.02. The van der Waals surface area contributed by atoms with Crippen LogP contribution in [0, 0.1) is 24.0 Å². The largest absolute Gasteiger partial charge is 0.319 e. The Labute approximate surface area is 141 Å². The predicted octanol–water partition coefficient (Wildman–Crippen LogP) is 3.51. The van der Waals surface area contributed by atoms with Crippen LogP contribution in [-0.2, 0) is 7.05 Å². The number of para-hydroxylation sites is 1. The average molecular weight is 341 g/mol. The highest BCUT2D eigenvalue weighted by molar-refractivity contribution is 7.16. The lowest BCUT2D eigenvalue weighted by molar-refractivity contribution is -0.385. The van der Waals surface area contributed by atoms with Crippen LogP contribution >= 0.6 is 11.3 Å². The van der Waals surface area contributed by atoms with Crippen LogP contribution in [0.4, 0.5) is 5.69 Å². The van der Waals surface area contributed by atoms with Crippen molar-refractivity contribution in [1.82, 2.24) is 4.57 Å². The molecule has 2 aromatic carbocycles. The molecule has 0 spiro atoms. The van der Waals surface area contributed by atoms with Crippen LogP contribution in [0.5, 0.6) is 0 Å². The van der Waals surface area contributed by atoms with E-state index in [-0.39, 0.29) is 11.3 Å². The van der Waals surface area contributed by atoms with Gasteiger partial charge in [0.25, 0.3) is 11.6 Å². The van der Waals surface area contributed by atoms with Crippen LogP contribution in [-0.4, -0.2) is 15.4 Å². The molecule has 1 amide bonds. The summed E-state index contributed by atoms with van der Waals surface area (Å²) in [6, 6.07) is 9.96. The van der Waals surface area contributed by atoms with Crippen molar-refractivity contribution in [2.75, 3.05) is 0 Å². The van der Waals surface area contributed by atoms with Crippen LogP contribution in [0.25, 0.3) is 10.2 Å². The van der Waals surface area contributed by atoms with E-state index in [0.29, 0.717) is 4.80 Å². The Morgan fingerprint density at radius 2 is 1.88 bits per heavy atom. The van der Waals surface area contributed by atoms with E-state index in [0.717, 1.165) is 15.8 Å². The van der Waals surface area contributed by atoms with E-state index in [4.69, 9.17) is 0 Å². The Hall–Kier alpha value is -2.80. The molecular weight excluding hydrogens is 326 g/mol. The third-order valence-electron chi connectivity index (χ3n) is 3.95. The van der Waals surface area contributed by atoms with Gasteiger partial charge in [0.05, 0.1) is 15.1 Å². The van der Waals surface area contributed by atoms with Gasteiger partial charge in [-0.3, -0.25) is 14.9 Å². The summed E-state index contributed by atoms with van der Waals surface area (Å²) < 4.78 is 2.86. The fourth-order valence-electron chi connectivity index (χ4n) is 2.45. The first-order valence-electron chi connectivity index (χ1n) is 7.27. The molecule has 122 valence electrons. The first-order chi connectivity index (χ1) is 11.4. The van der Waals surface area contributed by atoms with Gasteiger partial charge in [0.1, 0.15) is 5.56 Å². The Bertz CT molecular complexity index is 1050. The maximum absolute atomic E-state index is 12.4. The second-order valence-corrected chi connectivity index (χ2v) is 6.55. The third-order valence-corrected chi connectivity index (χ3v) is 5.05. The molecule has 0 aliphatic rings. The monoisotopic (exact) mass is 341 g/mol. The van der Waals surface area contributed by atoms with E-state index < -0.39 is 10.8 Å². The van der Waals surface area contributed by atoms with Gasteiger partial charge in [-0.15, -0.1) is 0 Å². The normalized spacial score (nSPS) is 11.9. The van der Waals surface area contributed by atoms with Crippen LogP contribution < -0.4 is 4.80 Å². The van der Waals surface area contributed by atoms with Gasteiger partial charge in [0.2, 0.25) is 0 Å². The quantitative estimate of drug-likeness (QED) is 0.528. The minimum atomic E-state index is -0.613. The van der Waals surface area contributed by atoms with E-state index in [1.807, 2.05) is 25.5 Å². The van der Waals surface area contributed by atoms with E-state index >= 15 is 0 Å². The number of nitro groups is 1. The minimum Gasteiger partial charge on any atom is -0.319 e. The van der Waals surface area contributed by atoms with Gasteiger partial charge in [0, 0.05) is 13.1 Å². The number of aromatic nitrogens is 1. The molecule has 0 bridgehead atoms. The standard InChI is InChI=1S/C17H15N3O3S/c1-10-8-14-15(9-11(10)2)24-17(19(14)3)18-16(21)12-6-4-5-7-13(12)20(22)23/h4-9H,1-3H3. The number of nitro benzene ring substituents is 1. The van der Waals surface area contributed by atoms with E-state index in [1.54, 1.807) is 6.07 Å². The van der Waals surface area contributed by atoms with Gasteiger partial charge in [-0.25, -0.2) is 0 Å². The molecule has 0 atom stereocenters. The number of thiazole rings is 1. The number of hydrogen-bond acceptors (Lipinski definition) is 4. The lowest BCUT2D eigenvalue weighted by atomic mass is 10.1. The van der Waals surface area contributed by atoms with Crippen molar-refractivity contribution in [3.05, 3.63) is 68.0 Å². The van der Waals surface area contributed by atoms with Gasteiger partial charge >= 0.3 is 0 Å². The van der Waals surface area contributed by atoms with Crippen LogP contribution in [0.15, 0.2) is 41.4 Å². The van der Waals surface area contributed by atoms with Gasteiger partial charge in [-0.2, -0.15) is 4.99 Å². The average Bonchev–Trinajstić information content (AvgIpc) is 2.83. The molecule has 24 heavy (non-hydrogen) atoms. The summed E-state index contributed by atoms with van der Waals surface area (Å²) in [5.74, 6) is -0.613. The fourth-order valence-corrected chi connectivity index (χ4v) is 3.54. The molecule has 6 nitrogen and oxygen atoms in total. The minimum absolute atomic E-state index is 0.00711. The summed E-state index contributed by atoms with van der Waals surface area (Å²) in [7, 11) is 1.83. The van der Waals surface area contributed by atoms with Crippen molar-refractivity contribution in [3.63, 3.8) is 0 Å². The maximum atomic E-state index is 12.4. The molecular formula is C17H15N3O3S. The van der Waals surface area contributed by atoms with Crippen molar-refractivity contribution in [1.29, 1.82) is 0 Å². The zero-order chi connectivity index (χ0) is 17.4. The molecule has 0 unspecified atom stereocenters. The number of aryl methyl sites for hydroxylation is 3. The number of fused-ring (bicyclic) bond motifs is 1. The van der Waals surface area contributed by atoms with Crippen molar-refractivity contribution in [2.24, 2.45) is 12.0 Å². The Morgan fingerprint density at radius 1 is 1.21 bits per heavy atom. The molecule has 0 N–H and O–H groups in total. The second-order valence-electron chi connectivity index (χ2n) is 5.54. The second kappa shape index (κ2) is 6.01. The first kappa shape index (κ1) is 16.1. The molecule has 1 aromatic heterocycles. The summed E-state index contributed by atoms with van der Waals surface area (Å²) in [6.07, 6.45) is 0. The number of benzene rings is 2. The molecule has 7 heteroatoms. The predicted molar refractivity (Wildman–Crippen MR) is 93.3 cm³/mol. The highest BCUT2D eigenvalue weighted by atomic mass is 32.1. The highest BCUT2D eigenvalue weighted by Gasteiger charge is 2.19. The van der Waals surface area contributed by atoms with E-state index in [2.05, 4.69) is 17.1 Å². The summed E-state index contributed by atoms with van der Waals surface area (Å²) in [5.41, 5.74) is 3.07. The molecule has 1 heterocycles. The number of amides is 1. The summed E-state index contributed by atoms with van der Waals surface area (Å²) in [4.78, 5) is 27.5. The zero-order valence-corrected chi connectivity index (χ0v) is 14.3. The number of nitrogens with zero attached hydrogens (tertiary/aromatic N) is 3. The molecule has 0 fully saturated rings. The van der Waals surface area contributed by atoms with Crippen LogP contribution in [0.2, 0.25) is 0 Å². The lowest BCUT2D eigenvalue weighted by Gasteiger charge is -2.01. The smallest absolute Gasteiger partial charge is 0.286 e. The van der Waals surface area contributed by atoms with E-state index in [1.165, 1.54) is 35.1 Å². The SMILES string of the molecule is Cc1cc2sc(=NC(=O)c3ccccc3[N+](=O)[O-])n(C)c2cc1C. The van der Waals surface area contributed by atoms with Crippen molar-refractivity contribution < 1.29 is 9.72 Å². The number of rotatable bonds is 2. The number of hydrogen-bond donors (Lipinski definition) is 0. The Morgan fingerprint density at radius 3 is 2.58 bits per heavy atom. The van der Waals surface area contributed by atoms with Crippen molar-refractivity contribution in [2.45, 2.75) is 13.8 Å². The van der Waals surface area contributed by atoms with Crippen molar-refractivity contribution >= 4 is 33.1 Å².